The molecule has 22 heavy (non-hydrogen) atoms. The summed E-state index contributed by atoms with van der Waals surface area (Å²) in [4.78, 5) is 0.0787. The summed E-state index contributed by atoms with van der Waals surface area (Å²) >= 11 is -0.176. The maximum Gasteiger partial charge on any atom is 0.446 e. The molecule has 0 amide bonds. The number of benzene rings is 1. The Kier molecular flexibility index (Phi) is 6.72. The van der Waals surface area contributed by atoms with Gasteiger partial charge < -0.3 is 0 Å². The maximum atomic E-state index is 14.2. The number of rotatable bonds is 2. The van der Waals surface area contributed by atoms with Gasteiger partial charge in [0.05, 0.1) is 0 Å². The predicted octanol–water partition coefficient (Wildman–Crippen LogP) is 7.05. The summed E-state index contributed by atoms with van der Waals surface area (Å²) in [6.07, 6.45) is 3.13. The fourth-order valence-corrected chi connectivity index (χ4v) is 2.76. The molecule has 1 aliphatic carbocycles. The molecule has 0 fully saturated rings. The number of aryl methyl sites for hydroxylation is 1. The molecule has 0 nitrogen and oxygen atoms in total. The standard InChI is InChI=1S/C15H14F4S.C2H6/c1-9-6-7-11(20-15(17,18)19)8-13(9)12-5-3-4-10(2)14(12)16;1-2/h5-8H,3-4H2,1-2H3;1-2H3. The van der Waals surface area contributed by atoms with Crippen molar-refractivity contribution in [3.8, 4) is 0 Å². The third kappa shape index (κ3) is 4.90. The Morgan fingerprint density at radius 3 is 2.32 bits per heavy atom. The van der Waals surface area contributed by atoms with Crippen LogP contribution in [-0.2, 0) is 0 Å². The zero-order chi connectivity index (χ0) is 16.9. The normalized spacial score (nSPS) is 15.2. The third-order valence-corrected chi connectivity index (χ3v) is 3.93. The van der Waals surface area contributed by atoms with E-state index in [2.05, 4.69) is 0 Å². The molecular weight excluding hydrogens is 312 g/mol. The predicted molar refractivity (Wildman–Crippen MR) is 85.5 cm³/mol. The van der Waals surface area contributed by atoms with Crippen LogP contribution >= 0.6 is 11.8 Å². The summed E-state index contributed by atoms with van der Waals surface area (Å²) in [5.74, 6) is -0.312. The first kappa shape index (κ1) is 18.8. The fraction of sp³-hybridized carbons (Fsp3) is 0.412. The lowest BCUT2D eigenvalue weighted by molar-refractivity contribution is -0.0328. The van der Waals surface area contributed by atoms with E-state index in [1.807, 2.05) is 13.8 Å². The number of halogens is 4. The molecule has 0 atom stereocenters. The average molecular weight is 332 g/mol. The van der Waals surface area contributed by atoms with E-state index in [-0.39, 0.29) is 22.5 Å². The van der Waals surface area contributed by atoms with E-state index < -0.39 is 5.51 Å². The van der Waals surface area contributed by atoms with E-state index in [9.17, 15) is 17.6 Å². The van der Waals surface area contributed by atoms with Crippen LogP contribution < -0.4 is 0 Å². The largest absolute Gasteiger partial charge is 0.446 e. The monoisotopic (exact) mass is 332 g/mol. The number of hydrogen-bond donors (Lipinski definition) is 0. The van der Waals surface area contributed by atoms with Crippen LogP contribution in [0.1, 0.15) is 44.7 Å². The van der Waals surface area contributed by atoms with Crippen LogP contribution in [0, 0.1) is 6.92 Å². The van der Waals surface area contributed by atoms with Crippen LogP contribution in [0.5, 0.6) is 0 Å². The minimum Gasteiger partial charge on any atom is -0.206 e. The van der Waals surface area contributed by atoms with Crippen molar-refractivity contribution < 1.29 is 17.6 Å². The Labute approximate surface area is 133 Å². The van der Waals surface area contributed by atoms with Crippen molar-refractivity contribution >= 4 is 17.3 Å². The van der Waals surface area contributed by atoms with E-state index >= 15 is 0 Å². The second-order valence-corrected chi connectivity index (χ2v) is 5.91. The Bertz CT molecular complexity index is 583. The Morgan fingerprint density at radius 1 is 1.09 bits per heavy atom. The van der Waals surface area contributed by atoms with E-state index in [0.717, 1.165) is 5.56 Å². The molecular formula is C17H20F4S. The number of allylic oxidation sites excluding steroid dienone is 4. The van der Waals surface area contributed by atoms with Gasteiger partial charge in [-0.2, -0.15) is 13.2 Å². The van der Waals surface area contributed by atoms with Crippen molar-refractivity contribution in [1.82, 2.24) is 0 Å². The van der Waals surface area contributed by atoms with E-state index in [1.54, 1.807) is 26.0 Å². The highest BCUT2D eigenvalue weighted by Gasteiger charge is 2.29. The highest BCUT2D eigenvalue weighted by molar-refractivity contribution is 8.00. The van der Waals surface area contributed by atoms with Gasteiger partial charge in [-0.25, -0.2) is 4.39 Å². The Morgan fingerprint density at radius 2 is 1.73 bits per heavy atom. The van der Waals surface area contributed by atoms with E-state index in [1.165, 1.54) is 12.1 Å². The van der Waals surface area contributed by atoms with Crippen molar-refractivity contribution in [2.24, 2.45) is 0 Å². The SMILES string of the molecule is CC.CC1=C(F)C(c2cc(SC(F)(F)F)ccc2C)=CCC1. The fourth-order valence-electron chi connectivity index (χ4n) is 2.18. The molecule has 1 aromatic rings. The van der Waals surface area contributed by atoms with Crippen LogP contribution in [0.2, 0.25) is 0 Å². The molecule has 0 saturated carbocycles. The van der Waals surface area contributed by atoms with Gasteiger partial charge in [0.25, 0.3) is 0 Å². The van der Waals surface area contributed by atoms with Crippen molar-refractivity contribution in [3.63, 3.8) is 0 Å². The van der Waals surface area contributed by atoms with Gasteiger partial charge in [0.15, 0.2) is 0 Å². The molecule has 1 aliphatic rings. The van der Waals surface area contributed by atoms with Crippen molar-refractivity contribution in [2.75, 3.05) is 0 Å². The van der Waals surface area contributed by atoms with Crippen molar-refractivity contribution in [1.29, 1.82) is 0 Å². The lowest BCUT2D eigenvalue weighted by Crippen LogP contribution is -2.01. The second-order valence-electron chi connectivity index (χ2n) is 4.78. The molecule has 0 radical (unpaired) electrons. The summed E-state index contributed by atoms with van der Waals surface area (Å²) in [5.41, 5.74) is -1.97. The number of alkyl halides is 3. The highest BCUT2D eigenvalue weighted by Crippen LogP contribution is 2.40. The molecule has 2 rings (SSSR count). The molecule has 0 aliphatic heterocycles. The van der Waals surface area contributed by atoms with Crippen LogP contribution in [0.3, 0.4) is 0 Å². The van der Waals surface area contributed by atoms with E-state index in [4.69, 9.17) is 0 Å². The zero-order valence-electron chi connectivity index (χ0n) is 13.1. The van der Waals surface area contributed by atoms with Crippen LogP contribution in [0.25, 0.3) is 5.57 Å². The molecule has 0 bridgehead atoms. The summed E-state index contributed by atoms with van der Waals surface area (Å²) in [5, 5.41) is 0. The van der Waals surface area contributed by atoms with Crippen LogP contribution in [-0.4, -0.2) is 5.51 Å². The van der Waals surface area contributed by atoms with Gasteiger partial charge in [0.2, 0.25) is 0 Å². The maximum absolute atomic E-state index is 14.2. The van der Waals surface area contributed by atoms with Gasteiger partial charge in [0, 0.05) is 10.5 Å². The van der Waals surface area contributed by atoms with Gasteiger partial charge in [-0.15, -0.1) is 0 Å². The van der Waals surface area contributed by atoms with E-state index in [0.29, 0.717) is 29.6 Å². The molecule has 0 heterocycles. The molecule has 0 aromatic heterocycles. The lowest BCUT2D eigenvalue weighted by Gasteiger charge is -2.17. The summed E-state index contributed by atoms with van der Waals surface area (Å²) in [6.45, 7) is 7.49. The first-order valence-corrected chi connectivity index (χ1v) is 8.02. The smallest absolute Gasteiger partial charge is 0.206 e. The summed E-state index contributed by atoms with van der Waals surface area (Å²) in [7, 11) is 0. The minimum absolute atomic E-state index is 0.0787. The second kappa shape index (κ2) is 7.86. The minimum atomic E-state index is -4.34. The first-order chi connectivity index (χ1) is 10.3. The third-order valence-electron chi connectivity index (χ3n) is 3.21. The zero-order valence-corrected chi connectivity index (χ0v) is 14.0. The average Bonchev–Trinajstić information content (AvgIpc) is 2.45. The van der Waals surface area contributed by atoms with Gasteiger partial charge in [-0.1, -0.05) is 26.0 Å². The van der Waals surface area contributed by atoms with Crippen molar-refractivity contribution in [2.45, 2.75) is 50.9 Å². The Hall–Kier alpha value is -1.23. The molecule has 122 valence electrons. The van der Waals surface area contributed by atoms with Gasteiger partial charge >= 0.3 is 5.51 Å². The van der Waals surface area contributed by atoms with Crippen LogP contribution in [0.15, 0.2) is 40.6 Å². The molecule has 0 unspecified atom stereocenters. The highest BCUT2D eigenvalue weighted by atomic mass is 32.2. The number of thioether (sulfide) groups is 1. The molecule has 5 heteroatoms. The number of hydrogen-bond acceptors (Lipinski definition) is 1. The first-order valence-electron chi connectivity index (χ1n) is 7.20. The quantitative estimate of drug-likeness (QED) is 0.413. The van der Waals surface area contributed by atoms with Gasteiger partial charge in [-0.05, 0) is 67.3 Å². The Balaban J connectivity index is 0.00000116. The topological polar surface area (TPSA) is 0 Å². The molecule has 0 spiro atoms. The molecule has 0 N–H and O–H groups in total. The van der Waals surface area contributed by atoms with Gasteiger partial charge in [-0.3, -0.25) is 0 Å². The lowest BCUT2D eigenvalue weighted by atomic mass is 9.92. The van der Waals surface area contributed by atoms with Gasteiger partial charge in [0.1, 0.15) is 5.83 Å². The summed E-state index contributed by atoms with van der Waals surface area (Å²) in [6, 6.07) is 4.42. The molecule has 1 aromatic carbocycles. The summed E-state index contributed by atoms with van der Waals surface area (Å²) < 4.78 is 51.4. The van der Waals surface area contributed by atoms with Crippen LogP contribution in [0.4, 0.5) is 17.6 Å². The molecule has 0 saturated heterocycles. The van der Waals surface area contributed by atoms with Crippen molar-refractivity contribution in [3.05, 3.63) is 46.8 Å².